The fourth-order valence-corrected chi connectivity index (χ4v) is 2.20. The topological polar surface area (TPSA) is 35.8 Å². The summed E-state index contributed by atoms with van der Waals surface area (Å²) >= 11 is 0. The Balaban J connectivity index is 2.03. The lowest BCUT2D eigenvalue weighted by molar-refractivity contribution is 0.572. The predicted molar refractivity (Wildman–Crippen MR) is 77.6 cm³/mol. The molecule has 0 aromatic heterocycles. The lowest BCUT2D eigenvalue weighted by Gasteiger charge is -2.16. The minimum atomic E-state index is 0.298. The first-order chi connectivity index (χ1) is 9.20. The molecule has 0 radical (unpaired) electrons. The van der Waals surface area contributed by atoms with Gasteiger partial charge in [-0.1, -0.05) is 36.4 Å². The molecular formula is C17H18N2. The number of nitrogens with one attached hydrogen (secondary N) is 1. The number of nitrogens with zero attached hydrogens (tertiary/aromatic N) is 1. The molecular weight excluding hydrogens is 232 g/mol. The average molecular weight is 250 g/mol. The van der Waals surface area contributed by atoms with E-state index in [1.165, 1.54) is 11.1 Å². The van der Waals surface area contributed by atoms with E-state index in [-0.39, 0.29) is 0 Å². The van der Waals surface area contributed by atoms with Crippen LogP contribution in [-0.4, -0.2) is 0 Å². The lowest BCUT2D eigenvalue weighted by Crippen LogP contribution is -2.18. The Hall–Kier alpha value is -2.11. The van der Waals surface area contributed by atoms with Gasteiger partial charge in [-0.15, -0.1) is 0 Å². The SMILES string of the molecule is Cc1ccccc1[C@H](C)NCc1cccc(C#N)c1. The van der Waals surface area contributed by atoms with Gasteiger partial charge in [-0.25, -0.2) is 0 Å². The van der Waals surface area contributed by atoms with Gasteiger partial charge in [0.05, 0.1) is 11.6 Å². The summed E-state index contributed by atoms with van der Waals surface area (Å²) in [6.45, 7) is 5.06. The highest BCUT2D eigenvalue weighted by molar-refractivity contribution is 5.33. The van der Waals surface area contributed by atoms with Crippen LogP contribution in [0.25, 0.3) is 0 Å². The summed E-state index contributed by atoms with van der Waals surface area (Å²) in [6.07, 6.45) is 0. The quantitative estimate of drug-likeness (QED) is 0.897. The second-order valence-electron chi connectivity index (χ2n) is 4.77. The number of benzene rings is 2. The molecule has 0 saturated carbocycles. The third-order valence-corrected chi connectivity index (χ3v) is 3.32. The van der Waals surface area contributed by atoms with Crippen molar-refractivity contribution in [2.24, 2.45) is 0 Å². The summed E-state index contributed by atoms with van der Waals surface area (Å²) in [4.78, 5) is 0. The highest BCUT2D eigenvalue weighted by atomic mass is 14.9. The van der Waals surface area contributed by atoms with Crippen LogP contribution >= 0.6 is 0 Å². The molecule has 19 heavy (non-hydrogen) atoms. The van der Waals surface area contributed by atoms with Crippen LogP contribution in [-0.2, 0) is 6.54 Å². The highest BCUT2D eigenvalue weighted by Crippen LogP contribution is 2.17. The molecule has 2 heteroatoms. The Bertz CT molecular complexity index is 596. The maximum Gasteiger partial charge on any atom is 0.0991 e. The van der Waals surface area contributed by atoms with Crippen LogP contribution in [0.15, 0.2) is 48.5 Å². The Labute approximate surface area is 114 Å². The summed E-state index contributed by atoms with van der Waals surface area (Å²) < 4.78 is 0. The molecule has 2 nitrogen and oxygen atoms in total. The Morgan fingerprint density at radius 1 is 1.16 bits per heavy atom. The molecule has 96 valence electrons. The van der Waals surface area contributed by atoms with E-state index in [0.29, 0.717) is 11.6 Å². The maximum absolute atomic E-state index is 8.88. The van der Waals surface area contributed by atoms with Gasteiger partial charge in [-0.2, -0.15) is 5.26 Å². The molecule has 0 spiro atoms. The molecule has 1 N–H and O–H groups in total. The van der Waals surface area contributed by atoms with Crippen LogP contribution in [0.1, 0.15) is 35.2 Å². The van der Waals surface area contributed by atoms with Crippen LogP contribution in [0.5, 0.6) is 0 Å². The van der Waals surface area contributed by atoms with Crippen LogP contribution < -0.4 is 5.32 Å². The van der Waals surface area contributed by atoms with Gasteiger partial charge in [0, 0.05) is 12.6 Å². The van der Waals surface area contributed by atoms with Gasteiger partial charge in [0.15, 0.2) is 0 Å². The van der Waals surface area contributed by atoms with Gasteiger partial charge in [-0.05, 0) is 42.7 Å². The van der Waals surface area contributed by atoms with Gasteiger partial charge in [0.25, 0.3) is 0 Å². The second-order valence-corrected chi connectivity index (χ2v) is 4.77. The number of aryl methyl sites for hydroxylation is 1. The van der Waals surface area contributed by atoms with Crippen molar-refractivity contribution in [1.29, 1.82) is 5.26 Å². The molecule has 0 heterocycles. The van der Waals surface area contributed by atoms with Crippen LogP contribution in [0.3, 0.4) is 0 Å². The summed E-state index contributed by atoms with van der Waals surface area (Å²) in [5, 5.41) is 12.4. The molecule has 0 aliphatic rings. The van der Waals surface area contributed by atoms with E-state index < -0.39 is 0 Å². The average Bonchev–Trinajstić information content (AvgIpc) is 2.45. The molecule has 0 fully saturated rings. The molecule has 0 unspecified atom stereocenters. The fraction of sp³-hybridized carbons (Fsp3) is 0.235. The van der Waals surface area contributed by atoms with Gasteiger partial charge < -0.3 is 5.32 Å². The molecule has 2 rings (SSSR count). The number of nitriles is 1. The van der Waals surface area contributed by atoms with Crippen molar-refractivity contribution in [3.8, 4) is 6.07 Å². The second kappa shape index (κ2) is 6.17. The van der Waals surface area contributed by atoms with Crippen molar-refractivity contribution in [3.63, 3.8) is 0 Å². The van der Waals surface area contributed by atoms with E-state index in [1.54, 1.807) is 0 Å². The van der Waals surface area contributed by atoms with E-state index in [1.807, 2.05) is 24.3 Å². The zero-order valence-electron chi connectivity index (χ0n) is 11.4. The maximum atomic E-state index is 8.88. The zero-order valence-corrected chi connectivity index (χ0v) is 11.4. The van der Waals surface area contributed by atoms with Crippen molar-refractivity contribution in [2.75, 3.05) is 0 Å². The Kier molecular flexibility index (Phi) is 4.33. The van der Waals surface area contributed by atoms with Crippen molar-refractivity contribution in [2.45, 2.75) is 26.4 Å². The first kappa shape index (κ1) is 13.3. The first-order valence-electron chi connectivity index (χ1n) is 6.48. The standard InChI is InChI=1S/C17H18N2/c1-13-6-3-4-9-17(13)14(2)19-12-16-8-5-7-15(10-16)11-18/h3-10,14,19H,12H2,1-2H3/t14-/m0/s1. The van der Waals surface area contributed by atoms with E-state index >= 15 is 0 Å². The summed E-state index contributed by atoms with van der Waals surface area (Å²) in [6, 6.07) is 18.6. The molecule has 2 aromatic rings. The van der Waals surface area contributed by atoms with Crippen molar-refractivity contribution in [3.05, 3.63) is 70.8 Å². The van der Waals surface area contributed by atoms with Crippen LogP contribution in [0, 0.1) is 18.3 Å². The largest absolute Gasteiger partial charge is 0.306 e. The van der Waals surface area contributed by atoms with Crippen molar-refractivity contribution in [1.82, 2.24) is 5.32 Å². The lowest BCUT2D eigenvalue weighted by atomic mass is 10.0. The van der Waals surface area contributed by atoms with Gasteiger partial charge in [0.1, 0.15) is 0 Å². The molecule has 2 aromatic carbocycles. The molecule has 0 aliphatic carbocycles. The summed E-state index contributed by atoms with van der Waals surface area (Å²) in [5.41, 5.74) is 4.47. The molecule has 1 atom stereocenters. The molecule has 0 aliphatic heterocycles. The van der Waals surface area contributed by atoms with E-state index in [4.69, 9.17) is 5.26 Å². The molecule has 0 saturated heterocycles. The van der Waals surface area contributed by atoms with Crippen molar-refractivity contribution >= 4 is 0 Å². The van der Waals surface area contributed by atoms with Gasteiger partial charge in [-0.3, -0.25) is 0 Å². The monoisotopic (exact) mass is 250 g/mol. The minimum absolute atomic E-state index is 0.298. The van der Waals surface area contributed by atoms with Crippen LogP contribution in [0.4, 0.5) is 0 Å². The van der Waals surface area contributed by atoms with Gasteiger partial charge >= 0.3 is 0 Å². The molecule has 0 amide bonds. The smallest absolute Gasteiger partial charge is 0.0991 e. The Morgan fingerprint density at radius 3 is 2.68 bits per heavy atom. The summed E-state index contributed by atoms with van der Waals surface area (Å²) in [5.74, 6) is 0. The van der Waals surface area contributed by atoms with E-state index in [9.17, 15) is 0 Å². The molecule has 0 bridgehead atoms. The third kappa shape index (κ3) is 3.43. The summed E-state index contributed by atoms with van der Waals surface area (Å²) in [7, 11) is 0. The number of hydrogen-bond acceptors (Lipinski definition) is 2. The normalized spacial score (nSPS) is 11.8. The van der Waals surface area contributed by atoms with E-state index in [0.717, 1.165) is 12.1 Å². The van der Waals surface area contributed by atoms with Crippen LogP contribution in [0.2, 0.25) is 0 Å². The highest BCUT2D eigenvalue weighted by Gasteiger charge is 2.07. The van der Waals surface area contributed by atoms with Gasteiger partial charge in [0.2, 0.25) is 0 Å². The third-order valence-electron chi connectivity index (χ3n) is 3.32. The van der Waals surface area contributed by atoms with E-state index in [2.05, 4.69) is 49.5 Å². The first-order valence-corrected chi connectivity index (χ1v) is 6.48. The number of rotatable bonds is 4. The fourth-order valence-electron chi connectivity index (χ4n) is 2.20. The Morgan fingerprint density at radius 2 is 1.95 bits per heavy atom. The zero-order chi connectivity index (χ0) is 13.7. The van der Waals surface area contributed by atoms with Crippen molar-refractivity contribution < 1.29 is 0 Å². The predicted octanol–water partition coefficient (Wildman–Crippen LogP) is 3.72. The number of hydrogen-bond donors (Lipinski definition) is 1. The minimum Gasteiger partial charge on any atom is -0.306 e.